The van der Waals surface area contributed by atoms with E-state index in [1.54, 1.807) is 13.8 Å². The fraction of sp³-hybridized carbons (Fsp3) is 0.667. The van der Waals surface area contributed by atoms with Gasteiger partial charge in [-0.25, -0.2) is 0 Å². The predicted molar refractivity (Wildman–Crippen MR) is 41.9 cm³/mol. The van der Waals surface area contributed by atoms with Crippen molar-refractivity contribution in [3.63, 3.8) is 0 Å². The molecular weight excluding hydrogens is 150 g/mol. The topological polar surface area (TPSA) is 60.2 Å². The quantitative estimate of drug-likeness (QED) is 0.457. The Bertz CT molecular complexity index is 160. The molecule has 0 saturated carbocycles. The molecule has 0 fully saturated rings. The van der Waals surface area contributed by atoms with E-state index in [4.69, 9.17) is 5.73 Å². The highest BCUT2D eigenvalue weighted by Gasteiger charge is 2.23. The highest BCUT2D eigenvalue weighted by Crippen LogP contribution is 2.14. The number of Topliss-reactive ketones (excluding diaryl/α,β-unsaturated/α-hetero) is 1. The Morgan fingerprint density at radius 3 is 2.00 bits per heavy atom. The van der Waals surface area contributed by atoms with Gasteiger partial charge < -0.3 is 5.73 Å². The smallest absolute Gasteiger partial charge is 0.224 e. The monoisotopic (exact) mass is 161 g/mol. The van der Waals surface area contributed by atoms with E-state index in [-0.39, 0.29) is 12.2 Å². The van der Waals surface area contributed by atoms with E-state index in [0.29, 0.717) is 0 Å². The minimum Gasteiger partial charge on any atom is -0.369 e. The first-order valence-electron chi connectivity index (χ1n) is 2.88. The van der Waals surface area contributed by atoms with Gasteiger partial charge in [0, 0.05) is 0 Å². The first kappa shape index (κ1) is 9.49. The predicted octanol–water partition coefficient (Wildman–Crippen LogP) is 0.139. The third-order valence-electron chi connectivity index (χ3n) is 1.02. The van der Waals surface area contributed by atoms with Crippen LogP contribution in [0.1, 0.15) is 20.3 Å². The Morgan fingerprint density at radius 2 is 1.90 bits per heavy atom. The van der Waals surface area contributed by atoms with E-state index >= 15 is 0 Å². The highest BCUT2D eigenvalue weighted by atomic mass is 32.1. The van der Waals surface area contributed by atoms with Crippen molar-refractivity contribution in [3.05, 3.63) is 0 Å². The van der Waals surface area contributed by atoms with Crippen LogP contribution < -0.4 is 5.73 Å². The van der Waals surface area contributed by atoms with Gasteiger partial charge >= 0.3 is 0 Å². The highest BCUT2D eigenvalue weighted by molar-refractivity contribution is 7.82. The molecule has 0 radical (unpaired) electrons. The Hall–Kier alpha value is -0.510. The third kappa shape index (κ3) is 3.50. The lowest BCUT2D eigenvalue weighted by atomic mass is 10.1. The van der Waals surface area contributed by atoms with Crippen LogP contribution in [0.3, 0.4) is 0 Å². The van der Waals surface area contributed by atoms with Gasteiger partial charge in [-0.05, 0) is 13.8 Å². The molecule has 4 heteroatoms. The summed E-state index contributed by atoms with van der Waals surface area (Å²) < 4.78 is -0.755. The maximum absolute atomic E-state index is 10.9. The summed E-state index contributed by atoms with van der Waals surface area (Å²) in [7, 11) is 0. The van der Waals surface area contributed by atoms with Crippen molar-refractivity contribution in [2.45, 2.75) is 25.0 Å². The van der Waals surface area contributed by atoms with Crippen LogP contribution in [0, 0.1) is 0 Å². The molecule has 0 atom stereocenters. The van der Waals surface area contributed by atoms with Gasteiger partial charge in [-0.1, -0.05) is 0 Å². The number of carbonyl (C=O) groups is 2. The third-order valence-corrected chi connectivity index (χ3v) is 1.27. The molecule has 1 amide bonds. The summed E-state index contributed by atoms with van der Waals surface area (Å²) in [5.74, 6) is -0.851. The number of hydrogen-bond donors (Lipinski definition) is 2. The average molecular weight is 161 g/mol. The summed E-state index contributed by atoms with van der Waals surface area (Å²) >= 11 is 3.97. The zero-order chi connectivity index (χ0) is 8.36. The number of thiol groups is 1. The van der Waals surface area contributed by atoms with Crippen LogP contribution in [0.25, 0.3) is 0 Å². The molecule has 0 aromatic carbocycles. The van der Waals surface area contributed by atoms with Crippen molar-refractivity contribution < 1.29 is 9.59 Å². The van der Waals surface area contributed by atoms with Crippen LogP contribution in [-0.2, 0) is 9.59 Å². The summed E-state index contributed by atoms with van der Waals surface area (Å²) in [4.78, 5) is 21.1. The first-order chi connectivity index (χ1) is 4.34. The van der Waals surface area contributed by atoms with Gasteiger partial charge in [-0.3, -0.25) is 9.59 Å². The molecule has 0 aromatic rings. The second-order valence-electron chi connectivity index (χ2n) is 2.63. The molecule has 0 aliphatic rings. The summed E-state index contributed by atoms with van der Waals surface area (Å²) in [5, 5.41) is 0. The lowest BCUT2D eigenvalue weighted by Gasteiger charge is -2.13. The van der Waals surface area contributed by atoms with Crippen molar-refractivity contribution in [1.29, 1.82) is 0 Å². The van der Waals surface area contributed by atoms with Crippen molar-refractivity contribution >= 4 is 24.3 Å². The number of hydrogen-bond acceptors (Lipinski definition) is 3. The number of primary amides is 1. The maximum atomic E-state index is 10.9. The summed E-state index contributed by atoms with van der Waals surface area (Å²) in [6.07, 6.45) is -0.226. The van der Waals surface area contributed by atoms with Gasteiger partial charge in [0.05, 0.1) is 11.2 Å². The average Bonchev–Trinajstić information content (AvgIpc) is 1.60. The van der Waals surface area contributed by atoms with Gasteiger partial charge in [0.1, 0.15) is 0 Å². The Kier molecular flexibility index (Phi) is 2.90. The van der Waals surface area contributed by atoms with Crippen LogP contribution in [-0.4, -0.2) is 16.4 Å². The molecule has 0 saturated heterocycles. The second kappa shape index (κ2) is 3.05. The van der Waals surface area contributed by atoms with Crippen LogP contribution in [0.4, 0.5) is 0 Å². The maximum Gasteiger partial charge on any atom is 0.224 e. The molecule has 0 aliphatic carbocycles. The summed E-state index contributed by atoms with van der Waals surface area (Å²) in [6.45, 7) is 3.25. The van der Waals surface area contributed by atoms with Crippen LogP contribution in [0.15, 0.2) is 0 Å². The van der Waals surface area contributed by atoms with Crippen LogP contribution >= 0.6 is 12.6 Å². The minimum absolute atomic E-state index is 0.226. The fourth-order valence-corrected chi connectivity index (χ4v) is 0.454. The first-order valence-corrected chi connectivity index (χ1v) is 3.32. The lowest BCUT2D eigenvalue weighted by Crippen LogP contribution is -2.29. The lowest BCUT2D eigenvalue weighted by molar-refractivity contribution is -0.127. The number of carbonyl (C=O) groups excluding carboxylic acids is 2. The van der Waals surface area contributed by atoms with E-state index < -0.39 is 10.7 Å². The molecule has 0 spiro atoms. The molecule has 0 aliphatic heterocycles. The number of amides is 1. The second-order valence-corrected chi connectivity index (χ2v) is 3.74. The van der Waals surface area contributed by atoms with Crippen LogP contribution in [0.5, 0.6) is 0 Å². The van der Waals surface area contributed by atoms with Crippen LogP contribution in [0.2, 0.25) is 0 Å². The van der Waals surface area contributed by atoms with E-state index in [2.05, 4.69) is 12.6 Å². The zero-order valence-electron chi connectivity index (χ0n) is 6.05. The number of nitrogens with two attached hydrogens (primary N) is 1. The SMILES string of the molecule is CC(C)(S)C(=O)CC(N)=O. The summed E-state index contributed by atoms with van der Waals surface area (Å²) in [5.41, 5.74) is 4.80. The minimum atomic E-state index is -0.755. The van der Waals surface area contributed by atoms with Crippen molar-refractivity contribution in [2.75, 3.05) is 0 Å². The molecule has 2 N–H and O–H groups in total. The molecule has 0 unspecified atom stereocenters. The van der Waals surface area contributed by atoms with Crippen molar-refractivity contribution in [2.24, 2.45) is 5.73 Å². The molecule has 0 rings (SSSR count). The molecule has 0 aromatic heterocycles. The number of rotatable bonds is 3. The molecular formula is C6H11NO2S. The normalized spacial score (nSPS) is 11.1. The molecule has 3 nitrogen and oxygen atoms in total. The van der Waals surface area contributed by atoms with Gasteiger partial charge in [0.25, 0.3) is 0 Å². The van der Waals surface area contributed by atoms with Gasteiger partial charge in [-0.15, -0.1) is 0 Å². The van der Waals surface area contributed by atoms with E-state index in [9.17, 15) is 9.59 Å². The van der Waals surface area contributed by atoms with E-state index in [0.717, 1.165) is 0 Å². The van der Waals surface area contributed by atoms with Crippen molar-refractivity contribution in [1.82, 2.24) is 0 Å². The summed E-state index contributed by atoms with van der Waals surface area (Å²) in [6, 6.07) is 0. The van der Waals surface area contributed by atoms with Crippen molar-refractivity contribution in [3.8, 4) is 0 Å². The Labute approximate surface area is 65.4 Å². The molecule has 10 heavy (non-hydrogen) atoms. The molecule has 58 valence electrons. The number of ketones is 1. The van der Waals surface area contributed by atoms with Gasteiger partial charge in [-0.2, -0.15) is 12.6 Å². The van der Waals surface area contributed by atoms with E-state index in [1.165, 1.54) is 0 Å². The fourth-order valence-electron chi connectivity index (χ4n) is 0.375. The van der Waals surface area contributed by atoms with E-state index in [1.807, 2.05) is 0 Å². The zero-order valence-corrected chi connectivity index (χ0v) is 6.94. The largest absolute Gasteiger partial charge is 0.369 e. The molecule has 0 bridgehead atoms. The Balaban J connectivity index is 3.99. The Morgan fingerprint density at radius 1 is 1.50 bits per heavy atom. The molecule has 0 heterocycles. The van der Waals surface area contributed by atoms with Gasteiger partial charge in [0.2, 0.25) is 5.91 Å². The van der Waals surface area contributed by atoms with Gasteiger partial charge in [0.15, 0.2) is 5.78 Å². The standard InChI is InChI=1S/C6H11NO2S/c1-6(2,10)4(8)3-5(7)9/h10H,3H2,1-2H3,(H2,7,9).